The van der Waals surface area contributed by atoms with E-state index in [-0.39, 0.29) is 0 Å². The van der Waals surface area contributed by atoms with Gasteiger partial charge in [-0.2, -0.15) is 5.10 Å². The summed E-state index contributed by atoms with van der Waals surface area (Å²) in [6.07, 6.45) is 4.66. The maximum atomic E-state index is 12.2. The number of benzene rings is 2. The first-order valence-corrected chi connectivity index (χ1v) is 8.90. The minimum Gasteiger partial charge on any atom is -0.497 e. The lowest BCUT2D eigenvalue weighted by molar-refractivity contribution is 0.215. The molecule has 0 fully saturated rings. The SMILES string of the molecule is COc1ccc(OC(=O)Nc2cccc(-c3[nH]ncc3-c3ccncc3)c2)cc1. The molecular formula is C22H18N4O3. The van der Waals surface area contributed by atoms with Crippen molar-refractivity contribution in [2.75, 3.05) is 12.4 Å². The Morgan fingerprint density at radius 1 is 0.966 bits per heavy atom. The molecule has 0 unspecified atom stereocenters. The average molecular weight is 386 g/mol. The van der Waals surface area contributed by atoms with Crippen molar-refractivity contribution >= 4 is 11.8 Å². The van der Waals surface area contributed by atoms with Crippen LogP contribution < -0.4 is 14.8 Å². The van der Waals surface area contributed by atoms with E-state index in [2.05, 4.69) is 20.5 Å². The zero-order valence-electron chi connectivity index (χ0n) is 15.6. The number of pyridine rings is 1. The third kappa shape index (κ3) is 4.24. The first-order chi connectivity index (χ1) is 14.2. The molecule has 2 aromatic carbocycles. The number of carbonyl (C=O) groups excluding carboxylic acids is 1. The molecule has 29 heavy (non-hydrogen) atoms. The summed E-state index contributed by atoms with van der Waals surface area (Å²) < 4.78 is 10.4. The third-order valence-corrected chi connectivity index (χ3v) is 4.30. The van der Waals surface area contributed by atoms with Crippen LogP contribution in [0.1, 0.15) is 0 Å². The second kappa shape index (κ2) is 8.26. The van der Waals surface area contributed by atoms with Gasteiger partial charge in [0.2, 0.25) is 0 Å². The molecular weight excluding hydrogens is 368 g/mol. The fourth-order valence-corrected chi connectivity index (χ4v) is 2.90. The second-order valence-corrected chi connectivity index (χ2v) is 6.17. The maximum absolute atomic E-state index is 12.2. The van der Waals surface area contributed by atoms with Crippen LogP contribution in [0.4, 0.5) is 10.5 Å². The van der Waals surface area contributed by atoms with Crippen LogP contribution in [0.5, 0.6) is 11.5 Å². The number of amides is 1. The largest absolute Gasteiger partial charge is 0.497 e. The molecule has 4 rings (SSSR count). The molecule has 7 heteroatoms. The fraction of sp³-hybridized carbons (Fsp3) is 0.0455. The van der Waals surface area contributed by atoms with Gasteiger partial charge < -0.3 is 9.47 Å². The summed E-state index contributed by atoms with van der Waals surface area (Å²) in [5, 5.41) is 9.94. The molecule has 2 aromatic heterocycles. The van der Waals surface area contributed by atoms with Gasteiger partial charge in [0.15, 0.2) is 0 Å². The van der Waals surface area contributed by atoms with Gasteiger partial charge >= 0.3 is 6.09 Å². The Bertz CT molecular complexity index is 1110. The maximum Gasteiger partial charge on any atom is 0.417 e. The zero-order chi connectivity index (χ0) is 20.1. The molecule has 144 valence electrons. The van der Waals surface area contributed by atoms with E-state index in [4.69, 9.17) is 9.47 Å². The van der Waals surface area contributed by atoms with E-state index in [1.54, 1.807) is 56.0 Å². The summed E-state index contributed by atoms with van der Waals surface area (Å²) in [7, 11) is 1.58. The van der Waals surface area contributed by atoms with E-state index in [1.165, 1.54) is 0 Å². The molecule has 0 spiro atoms. The van der Waals surface area contributed by atoms with Crippen LogP contribution in [0.25, 0.3) is 22.4 Å². The van der Waals surface area contributed by atoms with Crippen LogP contribution >= 0.6 is 0 Å². The standard InChI is InChI=1S/C22H18N4O3/c1-28-18-5-7-19(8-6-18)29-22(27)25-17-4-2-3-16(13-17)21-20(14-24-26-21)15-9-11-23-12-10-15/h2-14H,1H3,(H,24,26)(H,25,27). The molecule has 7 nitrogen and oxygen atoms in total. The lowest BCUT2D eigenvalue weighted by atomic mass is 10.0. The average Bonchev–Trinajstić information content (AvgIpc) is 3.25. The molecule has 2 heterocycles. The molecule has 0 radical (unpaired) electrons. The topological polar surface area (TPSA) is 89.1 Å². The molecule has 2 N–H and O–H groups in total. The third-order valence-electron chi connectivity index (χ3n) is 4.30. The van der Waals surface area contributed by atoms with E-state index in [9.17, 15) is 4.79 Å². The lowest BCUT2D eigenvalue weighted by Crippen LogP contribution is -2.16. The Balaban J connectivity index is 1.51. The molecule has 0 atom stereocenters. The lowest BCUT2D eigenvalue weighted by Gasteiger charge is -2.09. The van der Waals surface area contributed by atoms with Crippen molar-refractivity contribution in [3.05, 3.63) is 79.3 Å². The Kier molecular flexibility index (Phi) is 5.20. The smallest absolute Gasteiger partial charge is 0.417 e. The minimum absolute atomic E-state index is 0.424. The van der Waals surface area contributed by atoms with Gasteiger partial charge in [0.1, 0.15) is 11.5 Å². The highest BCUT2D eigenvalue weighted by atomic mass is 16.6. The van der Waals surface area contributed by atoms with Gasteiger partial charge in [0, 0.05) is 29.2 Å². The van der Waals surface area contributed by atoms with Crippen LogP contribution in [-0.2, 0) is 0 Å². The Hall–Kier alpha value is -4.13. The molecule has 0 saturated heterocycles. The van der Waals surface area contributed by atoms with Gasteiger partial charge in [0.05, 0.1) is 19.0 Å². The van der Waals surface area contributed by atoms with Crippen LogP contribution in [0.15, 0.2) is 79.3 Å². The van der Waals surface area contributed by atoms with Gasteiger partial charge in [-0.1, -0.05) is 12.1 Å². The highest BCUT2D eigenvalue weighted by Gasteiger charge is 2.11. The van der Waals surface area contributed by atoms with Crippen molar-refractivity contribution in [1.29, 1.82) is 0 Å². The van der Waals surface area contributed by atoms with E-state index in [0.717, 1.165) is 22.4 Å². The van der Waals surface area contributed by atoms with Crippen LogP contribution in [0, 0.1) is 0 Å². The number of hydrogen-bond acceptors (Lipinski definition) is 5. The second-order valence-electron chi connectivity index (χ2n) is 6.17. The monoisotopic (exact) mass is 386 g/mol. The summed E-state index contributed by atoms with van der Waals surface area (Å²) in [6, 6.07) is 18.1. The molecule has 0 aliphatic heterocycles. The first-order valence-electron chi connectivity index (χ1n) is 8.90. The van der Waals surface area contributed by atoms with E-state index >= 15 is 0 Å². The number of methoxy groups -OCH3 is 1. The van der Waals surface area contributed by atoms with Gasteiger partial charge in [-0.05, 0) is 54.1 Å². The highest BCUT2D eigenvalue weighted by molar-refractivity contribution is 5.88. The van der Waals surface area contributed by atoms with Crippen molar-refractivity contribution in [3.8, 4) is 33.9 Å². The van der Waals surface area contributed by atoms with Crippen molar-refractivity contribution in [1.82, 2.24) is 15.2 Å². The van der Waals surface area contributed by atoms with E-state index in [1.807, 2.05) is 30.3 Å². The Morgan fingerprint density at radius 3 is 2.48 bits per heavy atom. The Morgan fingerprint density at radius 2 is 1.72 bits per heavy atom. The van der Waals surface area contributed by atoms with Gasteiger partial charge in [0.25, 0.3) is 0 Å². The number of nitrogens with one attached hydrogen (secondary N) is 2. The Labute approximate surface area is 167 Å². The molecule has 0 aliphatic rings. The molecule has 4 aromatic rings. The number of ether oxygens (including phenoxy) is 2. The van der Waals surface area contributed by atoms with E-state index in [0.29, 0.717) is 17.2 Å². The summed E-state index contributed by atoms with van der Waals surface area (Å²) in [5.74, 6) is 1.11. The summed E-state index contributed by atoms with van der Waals surface area (Å²) in [5.41, 5.74) is 4.29. The van der Waals surface area contributed by atoms with Crippen molar-refractivity contribution in [3.63, 3.8) is 0 Å². The van der Waals surface area contributed by atoms with Crippen molar-refractivity contribution < 1.29 is 14.3 Å². The number of aromatic amines is 1. The van der Waals surface area contributed by atoms with Crippen LogP contribution in [-0.4, -0.2) is 28.4 Å². The summed E-state index contributed by atoms with van der Waals surface area (Å²) in [6.45, 7) is 0. The number of nitrogens with zero attached hydrogens (tertiary/aromatic N) is 2. The summed E-state index contributed by atoms with van der Waals surface area (Å²) >= 11 is 0. The predicted octanol–water partition coefficient (Wildman–Crippen LogP) is 4.76. The van der Waals surface area contributed by atoms with E-state index < -0.39 is 6.09 Å². The predicted molar refractivity (Wildman–Crippen MR) is 110 cm³/mol. The van der Waals surface area contributed by atoms with Crippen molar-refractivity contribution in [2.24, 2.45) is 0 Å². The zero-order valence-corrected chi connectivity index (χ0v) is 15.6. The molecule has 0 bridgehead atoms. The van der Waals surface area contributed by atoms with Gasteiger partial charge in [-0.25, -0.2) is 4.79 Å². The minimum atomic E-state index is -0.578. The number of rotatable bonds is 5. The van der Waals surface area contributed by atoms with Crippen LogP contribution in [0.3, 0.4) is 0 Å². The molecule has 1 amide bonds. The summed E-state index contributed by atoms with van der Waals surface area (Å²) in [4.78, 5) is 16.3. The quantitative estimate of drug-likeness (QED) is 0.516. The number of hydrogen-bond donors (Lipinski definition) is 2. The molecule has 0 aliphatic carbocycles. The van der Waals surface area contributed by atoms with Crippen molar-refractivity contribution in [2.45, 2.75) is 0 Å². The molecule has 0 saturated carbocycles. The number of aromatic nitrogens is 3. The highest BCUT2D eigenvalue weighted by Crippen LogP contribution is 2.31. The number of anilines is 1. The normalized spacial score (nSPS) is 10.4. The van der Waals surface area contributed by atoms with Crippen LogP contribution in [0.2, 0.25) is 0 Å². The first kappa shape index (κ1) is 18.2. The number of carbonyl (C=O) groups is 1. The van der Waals surface area contributed by atoms with Gasteiger partial charge in [-0.3, -0.25) is 15.4 Å². The van der Waals surface area contributed by atoms with Gasteiger partial charge in [-0.15, -0.1) is 0 Å². The number of H-pyrrole nitrogens is 1. The fourth-order valence-electron chi connectivity index (χ4n) is 2.90.